The first-order chi connectivity index (χ1) is 8.49. The van der Waals surface area contributed by atoms with Crippen LogP contribution in [0.3, 0.4) is 0 Å². The zero-order valence-electron chi connectivity index (χ0n) is 10.4. The van der Waals surface area contributed by atoms with E-state index in [1.165, 1.54) is 0 Å². The fourth-order valence-electron chi connectivity index (χ4n) is 1.43. The van der Waals surface area contributed by atoms with E-state index in [2.05, 4.69) is 5.32 Å². The van der Waals surface area contributed by atoms with Crippen LogP contribution in [0.4, 0.5) is 5.69 Å². The molecule has 0 saturated carbocycles. The normalized spacial score (nSPS) is 11.9. The molecule has 0 aliphatic rings. The Bertz CT molecular complexity index is 406. The lowest BCUT2D eigenvalue weighted by Gasteiger charge is -2.17. The van der Waals surface area contributed by atoms with Crippen LogP contribution in [0, 0.1) is 5.92 Å². The van der Waals surface area contributed by atoms with Crippen molar-refractivity contribution in [2.24, 2.45) is 5.92 Å². The first-order valence-corrected chi connectivity index (χ1v) is 6.15. The van der Waals surface area contributed by atoms with E-state index in [1.807, 2.05) is 44.2 Å². The minimum absolute atomic E-state index is 0.0780. The molecule has 0 unspecified atom stereocenters. The van der Waals surface area contributed by atoms with Gasteiger partial charge >= 0.3 is 5.97 Å². The second-order valence-electron chi connectivity index (χ2n) is 4.35. The average molecular weight is 267 g/mol. The van der Waals surface area contributed by atoms with Crippen LogP contribution in [0.15, 0.2) is 30.3 Å². The molecule has 0 heterocycles. The minimum atomic E-state index is -0.999. The number of para-hydroxylation sites is 1. The molecule has 0 radical (unpaired) electrons. The topological polar surface area (TPSA) is 58.6 Å². The van der Waals surface area contributed by atoms with Crippen LogP contribution < -0.4 is 5.32 Å². The van der Waals surface area contributed by atoms with Gasteiger partial charge in [0.2, 0.25) is 0 Å². The van der Waals surface area contributed by atoms with Crippen LogP contribution in [-0.4, -0.2) is 22.4 Å². The molecule has 0 bridgehead atoms. The quantitative estimate of drug-likeness (QED) is 0.803. The van der Waals surface area contributed by atoms with Crippen LogP contribution in [0.1, 0.15) is 20.3 Å². The maximum Gasteiger partial charge on any atom is 0.345 e. The van der Waals surface area contributed by atoms with Crippen LogP contribution in [-0.2, 0) is 9.53 Å². The van der Waals surface area contributed by atoms with Crippen molar-refractivity contribution in [3.63, 3.8) is 0 Å². The van der Waals surface area contributed by atoms with Gasteiger partial charge in [0.15, 0.2) is 6.10 Å². The van der Waals surface area contributed by atoms with Crippen molar-refractivity contribution in [1.29, 1.82) is 0 Å². The molecule has 1 rings (SSSR count). The average Bonchev–Trinajstić information content (AvgIpc) is 2.28. The molecular formula is C13H17NO3S. The summed E-state index contributed by atoms with van der Waals surface area (Å²) in [6.07, 6.45) is -0.486. The molecule has 0 aliphatic carbocycles. The number of benzene rings is 1. The molecule has 0 amide bonds. The Labute approximate surface area is 112 Å². The van der Waals surface area contributed by atoms with E-state index < -0.39 is 12.1 Å². The third-order valence-corrected chi connectivity index (χ3v) is 2.43. The smallest absolute Gasteiger partial charge is 0.345 e. The van der Waals surface area contributed by atoms with Crippen molar-refractivity contribution < 1.29 is 14.6 Å². The fourth-order valence-corrected chi connectivity index (χ4v) is 1.66. The number of carboxylic acids is 1. The largest absolute Gasteiger partial charge is 0.479 e. The molecule has 4 nitrogen and oxygen atoms in total. The summed E-state index contributed by atoms with van der Waals surface area (Å²) in [5.74, 6) is -0.772. The molecule has 0 fully saturated rings. The van der Waals surface area contributed by atoms with E-state index in [-0.39, 0.29) is 11.1 Å². The van der Waals surface area contributed by atoms with Gasteiger partial charge in [-0.05, 0) is 36.7 Å². The molecule has 0 aliphatic heterocycles. The van der Waals surface area contributed by atoms with Gasteiger partial charge in [0.25, 0.3) is 5.17 Å². The summed E-state index contributed by atoms with van der Waals surface area (Å²) in [7, 11) is 0. The van der Waals surface area contributed by atoms with Crippen molar-refractivity contribution >= 4 is 29.0 Å². The maximum atomic E-state index is 11.0. The summed E-state index contributed by atoms with van der Waals surface area (Å²) in [5.41, 5.74) is 0.774. The van der Waals surface area contributed by atoms with Gasteiger partial charge in [0, 0.05) is 5.69 Å². The third-order valence-electron chi connectivity index (χ3n) is 2.23. The number of hydrogen-bond acceptors (Lipinski definition) is 3. The molecule has 2 N–H and O–H groups in total. The number of hydrogen-bond donors (Lipinski definition) is 2. The standard InChI is InChI=1S/C13H17NO3S/c1-9(2)8-11(12(15)16)17-13(18)14-10-6-4-3-5-7-10/h3-7,9,11H,8H2,1-2H3,(H,14,18)(H,15,16)/t11-/m0/s1. The number of anilines is 1. The summed E-state index contributed by atoms with van der Waals surface area (Å²) < 4.78 is 5.25. The van der Waals surface area contributed by atoms with Crippen LogP contribution in [0.5, 0.6) is 0 Å². The summed E-state index contributed by atoms with van der Waals surface area (Å²) in [5, 5.41) is 11.9. The predicted molar refractivity (Wildman–Crippen MR) is 74.6 cm³/mol. The molecule has 0 aromatic heterocycles. The highest BCUT2D eigenvalue weighted by molar-refractivity contribution is 7.80. The SMILES string of the molecule is CC(C)C[C@H](OC(=S)Nc1ccccc1)C(=O)O. The van der Waals surface area contributed by atoms with Gasteiger partial charge in [-0.1, -0.05) is 32.0 Å². The zero-order chi connectivity index (χ0) is 13.5. The highest BCUT2D eigenvalue weighted by Crippen LogP contribution is 2.11. The minimum Gasteiger partial charge on any atom is -0.479 e. The summed E-state index contributed by atoms with van der Waals surface area (Å²) in [6.45, 7) is 3.87. The summed E-state index contributed by atoms with van der Waals surface area (Å²) >= 11 is 4.99. The highest BCUT2D eigenvalue weighted by Gasteiger charge is 2.21. The number of rotatable bonds is 5. The highest BCUT2D eigenvalue weighted by atomic mass is 32.1. The van der Waals surface area contributed by atoms with E-state index >= 15 is 0 Å². The molecule has 5 heteroatoms. The van der Waals surface area contributed by atoms with E-state index in [0.717, 1.165) is 5.69 Å². The summed E-state index contributed by atoms with van der Waals surface area (Å²) in [6, 6.07) is 9.25. The van der Waals surface area contributed by atoms with Gasteiger partial charge in [0.1, 0.15) is 0 Å². The van der Waals surface area contributed by atoms with Crippen molar-refractivity contribution in [2.75, 3.05) is 5.32 Å². The lowest BCUT2D eigenvalue weighted by molar-refractivity contribution is -0.146. The van der Waals surface area contributed by atoms with Gasteiger partial charge < -0.3 is 15.2 Å². The van der Waals surface area contributed by atoms with Gasteiger partial charge in [0.05, 0.1) is 0 Å². The molecule has 1 aromatic rings. The number of carbonyl (C=O) groups is 1. The third kappa shape index (κ3) is 5.14. The van der Waals surface area contributed by atoms with Crippen molar-refractivity contribution in [3.05, 3.63) is 30.3 Å². The van der Waals surface area contributed by atoms with Crippen molar-refractivity contribution in [2.45, 2.75) is 26.4 Å². The Kier molecular flexibility index (Phi) is 5.58. The molecule has 18 heavy (non-hydrogen) atoms. The maximum absolute atomic E-state index is 11.0. The van der Waals surface area contributed by atoms with Gasteiger partial charge in [-0.25, -0.2) is 4.79 Å². The van der Waals surface area contributed by atoms with E-state index in [0.29, 0.717) is 6.42 Å². The second-order valence-corrected chi connectivity index (χ2v) is 4.72. The Hall–Kier alpha value is -1.62. The Morgan fingerprint density at radius 2 is 2.00 bits per heavy atom. The number of thiocarbonyl (C=S) groups is 1. The number of aliphatic carboxylic acids is 1. The first kappa shape index (κ1) is 14.4. The lowest BCUT2D eigenvalue weighted by atomic mass is 10.1. The first-order valence-electron chi connectivity index (χ1n) is 5.74. The molecule has 98 valence electrons. The van der Waals surface area contributed by atoms with E-state index in [4.69, 9.17) is 22.1 Å². The molecule has 1 atom stereocenters. The second kappa shape index (κ2) is 6.96. The van der Waals surface area contributed by atoms with Crippen LogP contribution in [0.2, 0.25) is 0 Å². The Morgan fingerprint density at radius 1 is 1.39 bits per heavy atom. The van der Waals surface area contributed by atoms with Gasteiger partial charge in [-0.15, -0.1) is 0 Å². The van der Waals surface area contributed by atoms with Gasteiger partial charge in [-0.3, -0.25) is 0 Å². The van der Waals surface area contributed by atoms with Gasteiger partial charge in [-0.2, -0.15) is 0 Å². The lowest BCUT2D eigenvalue weighted by Crippen LogP contribution is -2.30. The number of ether oxygens (including phenoxy) is 1. The molecule has 1 aromatic carbocycles. The monoisotopic (exact) mass is 267 g/mol. The molecule has 0 spiro atoms. The van der Waals surface area contributed by atoms with E-state index in [1.54, 1.807) is 0 Å². The Balaban J connectivity index is 2.54. The fraction of sp³-hybridized carbons (Fsp3) is 0.385. The Morgan fingerprint density at radius 3 is 2.50 bits per heavy atom. The molecule has 0 saturated heterocycles. The van der Waals surface area contributed by atoms with Crippen LogP contribution >= 0.6 is 12.2 Å². The molecular weight excluding hydrogens is 250 g/mol. The van der Waals surface area contributed by atoms with E-state index in [9.17, 15) is 4.79 Å². The van der Waals surface area contributed by atoms with Crippen molar-refractivity contribution in [3.8, 4) is 0 Å². The number of nitrogens with one attached hydrogen (secondary N) is 1. The van der Waals surface area contributed by atoms with Crippen LogP contribution in [0.25, 0.3) is 0 Å². The summed E-state index contributed by atoms with van der Waals surface area (Å²) in [4.78, 5) is 11.0. The predicted octanol–water partition coefficient (Wildman–Crippen LogP) is 2.90. The number of carboxylic acid groups (broad SMARTS) is 1. The van der Waals surface area contributed by atoms with Crippen molar-refractivity contribution in [1.82, 2.24) is 0 Å². The zero-order valence-corrected chi connectivity index (χ0v) is 11.2.